The van der Waals surface area contributed by atoms with Gasteiger partial charge in [0.05, 0.1) is 0 Å². The first kappa shape index (κ1) is 16.9. The first-order valence-corrected chi connectivity index (χ1v) is 8.11. The summed E-state index contributed by atoms with van der Waals surface area (Å²) in [5.41, 5.74) is 2.42. The molecule has 2 aromatic carbocycles. The summed E-state index contributed by atoms with van der Waals surface area (Å²) in [7, 11) is 3.47. The molecule has 0 saturated heterocycles. The number of rotatable bonds is 5. The summed E-state index contributed by atoms with van der Waals surface area (Å²) >= 11 is 0. The molecule has 128 valence electrons. The van der Waals surface area contributed by atoms with Crippen LogP contribution in [0, 0.1) is 0 Å². The minimum Gasteiger partial charge on any atom is -0.380 e. The third-order valence-corrected chi connectivity index (χ3v) is 4.04. The summed E-state index contributed by atoms with van der Waals surface area (Å²) in [6.07, 6.45) is 2.72. The molecule has 0 fully saturated rings. The number of nitrogens with zero attached hydrogens (tertiary/aromatic N) is 3. The van der Waals surface area contributed by atoms with Gasteiger partial charge in [0.25, 0.3) is 5.91 Å². The zero-order valence-corrected chi connectivity index (χ0v) is 14.3. The maximum absolute atomic E-state index is 12.1. The van der Waals surface area contributed by atoms with Crippen LogP contribution in [0.5, 0.6) is 0 Å². The molecule has 5 heteroatoms. The molecule has 1 N–H and O–H groups in total. The maximum Gasteiger partial charge on any atom is 0.253 e. The molecule has 0 aliphatic carbocycles. The van der Waals surface area contributed by atoms with Crippen molar-refractivity contribution in [2.45, 2.75) is 12.6 Å². The zero-order valence-electron chi connectivity index (χ0n) is 14.3. The molecule has 0 saturated carbocycles. The molecule has 0 aliphatic rings. The van der Waals surface area contributed by atoms with E-state index in [1.54, 1.807) is 31.3 Å². The van der Waals surface area contributed by atoms with Crippen molar-refractivity contribution in [2.75, 3.05) is 14.1 Å². The third kappa shape index (κ3) is 3.78. The third-order valence-electron chi connectivity index (χ3n) is 4.04. The quantitative estimate of drug-likeness (QED) is 0.780. The summed E-state index contributed by atoms with van der Waals surface area (Å²) in [5.74, 6) is 0.549. The second-order valence-corrected chi connectivity index (χ2v) is 6.13. The minimum atomic E-state index is -0.789. The van der Waals surface area contributed by atoms with Crippen LogP contribution in [0.25, 0.3) is 0 Å². The largest absolute Gasteiger partial charge is 0.380 e. The van der Waals surface area contributed by atoms with Crippen LogP contribution >= 0.6 is 0 Å². The van der Waals surface area contributed by atoms with Crippen molar-refractivity contribution in [1.82, 2.24) is 14.5 Å². The van der Waals surface area contributed by atoms with E-state index >= 15 is 0 Å². The molecular formula is C20H21N3O2. The van der Waals surface area contributed by atoms with Crippen LogP contribution in [0.4, 0.5) is 0 Å². The van der Waals surface area contributed by atoms with Gasteiger partial charge < -0.3 is 14.6 Å². The molecule has 25 heavy (non-hydrogen) atoms. The number of carbonyl (C=O) groups excluding carboxylic acids is 1. The summed E-state index contributed by atoms with van der Waals surface area (Å²) in [6, 6.07) is 17.0. The van der Waals surface area contributed by atoms with Gasteiger partial charge in [0, 0.05) is 38.6 Å². The van der Waals surface area contributed by atoms with Crippen molar-refractivity contribution in [3.63, 3.8) is 0 Å². The predicted molar refractivity (Wildman–Crippen MR) is 96.3 cm³/mol. The predicted octanol–water partition coefficient (Wildman–Crippen LogP) is 2.71. The van der Waals surface area contributed by atoms with E-state index in [9.17, 15) is 9.90 Å². The Bertz CT molecular complexity index is 856. The van der Waals surface area contributed by atoms with E-state index in [1.807, 2.05) is 59.3 Å². The van der Waals surface area contributed by atoms with Crippen molar-refractivity contribution in [2.24, 2.45) is 0 Å². The average Bonchev–Trinajstić information content (AvgIpc) is 3.09. The smallest absolute Gasteiger partial charge is 0.253 e. The molecule has 1 heterocycles. The number of imidazole rings is 1. The van der Waals surface area contributed by atoms with E-state index in [4.69, 9.17) is 0 Å². The van der Waals surface area contributed by atoms with Crippen LogP contribution < -0.4 is 0 Å². The normalized spacial score (nSPS) is 12.0. The number of carbonyl (C=O) groups is 1. The van der Waals surface area contributed by atoms with Crippen LogP contribution in [0.15, 0.2) is 67.0 Å². The van der Waals surface area contributed by atoms with Gasteiger partial charge >= 0.3 is 0 Å². The first-order chi connectivity index (χ1) is 12.1. The number of amides is 1. The van der Waals surface area contributed by atoms with Gasteiger partial charge in [-0.15, -0.1) is 0 Å². The highest BCUT2D eigenvalue weighted by Crippen LogP contribution is 2.21. The van der Waals surface area contributed by atoms with E-state index in [-0.39, 0.29) is 5.91 Å². The lowest BCUT2D eigenvalue weighted by Crippen LogP contribution is -2.21. The van der Waals surface area contributed by atoms with Gasteiger partial charge in [-0.2, -0.15) is 0 Å². The van der Waals surface area contributed by atoms with Crippen LogP contribution in [0.3, 0.4) is 0 Å². The maximum atomic E-state index is 12.1. The summed E-state index contributed by atoms with van der Waals surface area (Å²) in [6.45, 7) is 0.535. The topological polar surface area (TPSA) is 58.4 Å². The lowest BCUT2D eigenvalue weighted by Gasteiger charge is -2.15. The minimum absolute atomic E-state index is 0.0305. The van der Waals surface area contributed by atoms with E-state index in [0.717, 1.165) is 11.1 Å². The molecule has 0 spiro atoms. The fourth-order valence-electron chi connectivity index (χ4n) is 2.74. The molecule has 5 nitrogen and oxygen atoms in total. The second kappa shape index (κ2) is 7.32. The highest BCUT2D eigenvalue weighted by atomic mass is 16.3. The fourth-order valence-corrected chi connectivity index (χ4v) is 2.74. The number of aliphatic hydroxyl groups is 1. The average molecular weight is 335 g/mol. The summed E-state index contributed by atoms with van der Waals surface area (Å²) in [4.78, 5) is 18.0. The lowest BCUT2D eigenvalue weighted by molar-refractivity contribution is 0.0827. The molecule has 1 atom stereocenters. The second-order valence-electron chi connectivity index (χ2n) is 6.13. The highest BCUT2D eigenvalue weighted by molar-refractivity contribution is 5.94. The van der Waals surface area contributed by atoms with E-state index < -0.39 is 6.10 Å². The van der Waals surface area contributed by atoms with Crippen molar-refractivity contribution in [3.05, 3.63) is 89.5 Å². The Balaban J connectivity index is 1.85. The molecule has 1 amide bonds. The molecular weight excluding hydrogens is 314 g/mol. The lowest BCUT2D eigenvalue weighted by atomic mass is 10.1. The van der Waals surface area contributed by atoms with Gasteiger partial charge in [0.1, 0.15) is 11.9 Å². The van der Waals surface area contributed by atoms with Gasteiger partial charge in [-0.05, 0) is 23.3 Å². The number of benzene rings is 2. The van der Waals surface area contributed by atoms with E-state index in [2.05, 4.69) is 4.98 Å². The summed E-state index contributed by atoms with van der Waals surface area (Å²) in [5, 5.41) is 10.6. The molecule has 3 rings (SSSR count). The molecule has 0 aliphatic heterocycles. The Hall–Kier alpha value is -2.92. The Morgan fingerprint density at radius 2 is 1.92 bits per heavy atom. The number of hydrogen-bond donors (Lipinski definition) is 1. The summed E-state index contributed by atoms with van der Waals surface area (Å²) < 4.78 is 1.90. The van der Waals surface area contributed by atoms with Crippen LogP contribution in [-0.2, 0) is 6.54 Å². The number of hydrogen-bond acceptors (Lipinski definition) is 3. The van der Waals surface area contributed by atoms with Gasteiger partial charge in [0.2, 0.25) is 0 Å². The van der Waals surface area contributed by atoms with Crippen molar-refractivity contribution < 1.29 is 9.90 Å². The van der Waals surface area contributed by atoms with Gasteiger partial charge in [-0.25, -0.2) is 4.98 Å². The van der Waals surface area contributed by atoms with Crippen molar-refractivity contribution in [1.29, 1.82) is 0 Å². The fraction of sp³-hybridized carbons (Fsp3) is 0.200. The monoisotopic (exact) mass is 335 g/mol. The molecule has 0 unspecified atom stereocenters. The first-order valence-electron chi connectivity index (χ1n) is 8.11. The number of aromatic nitrogens is 2. The molecule has 3 aromatic rings. The Kier molecular flexibility index (Phi) is 4.95. The Morgan fingerprint density at radius 1 is 1.16 bits per heavy atom. The number of aliphatic hydroxyl groups excluding tert-OH is 1. The van der Waals surface area contributed by atoms with E-state index in [0.29, 0.717) is 17.9 Å². The van der Waals surface area contributed by atoms with Crippen molar-refractivity contribution >= 4 is 5.91 Å². The zero-order chi connectivity index (χ0) is 17.8. The van der Waals surface area contributed by atoms with Crippen LogP contribution in [0.1, 0.15) is 33.4 Å². The van der Waals surface area contributed by atoms with Gasteiger partial charge in [-0.3, -0.25) is 4.79 Å². The van der Waals surface area contributed by atoms with Crippen LogP contribution in [-0.4, -0.2) is 39.6 Å². The molecule has 0 radical (unpaired) electrons. The van der Waals surface area contributed by atoms with Crippen molar-refractivity contribution in [3.8, 4) is 0 Å². The van der Waals surface area contributed by atoms with Gasteiger partial charge in [-0.1, -0.05) is 42.5 Å². The standard InChI is InChI=1S/C20H21N3O2/c1-22(2)20(25)17-10-6-7-15(13-17)14-23-12-11-21-19(23)18(24)16-8-4-3-5-9-16/h3-13,18,24H,14H2,1-2H3/t18-/m1/s1. The SMILES string of the molecule is CN(C)C(=O)c1cccc(Cn2ccnc2[C@H](O)c2ccccc2)c1. The van der Waals surface area contributed by atoms with E-state index in [1.165, 1.54) is 0 Å². The molecule has 0 bridgehead atoms. The van der Waals surface area contributed by atoms with Crippen LogP contribution in [0.2, 0.25) is 0 Å². The van der Waals surface area contributed by atoms with Gasteiger partial charge in [0.15, 0.2) is 0 Å². The highest BCUT2D eigenvalue weighted by Gasteiger charge is 2.16. The molecule has 1 aromatic heterocycles. The Morgan fingerprint density at radius 3 is 2.64 bits per heavy atom. The Labute approximate surface area is 147 Å².